The maximum Gasteiger partial charge on any atom is 0.152 e. The van der Waals surface area contributed by atoms with E-state index < -0.39 is 0 Å². The number of nitrogens with one attached hydrogen (secondary N) is 1. The van der Waals surface area contributed by atoms with Gasteiger partial charge in [-0.1, -0.05) is 0 Å². The van der Waals surface area contributed by atoms with Crippen LogP contribution >= 0.6 is 15.9 Å². The van der Waals surface area contributed by atoms with E-state index in [1.165, 1.54) is 0 Å². The fraction of sp³-hybridized carbons (Fsp3) is 0.182. The van der Waals surface area contributed by atoms with Gasteiger partial charge in [0.25, 0.3) is 0 Å². The van der Waals surface area contributed by atoms with E-state index in [9.17, 15) is 4.79 Å². The van der Waals surface area contributed by atoms with Gasteiger partial charge in [-0.25, -0.2) is 0 Å². The minimum absolute atomic E-state index is 0.754. The molecule has 0 bridgehead atoms. The van der Waals surface area contributed by atoms with Gasteiger partial charge in [0.1, 0.15) is 0 Å². The van der Waals surface area contributed by atoms with Gasteiger partial charge < -0.3 is 4.98 Å². The van der Waals surface area contributed by atoms with Crippen molar-refractivity contribution in [3.63, 3.8) is 0 Å². The number of rotatable bonds is 1. The van der Waals surface area contributed by atoms with Crippen molar-refractivity contribution in [2.45, 2.75) is 13.8 Å². The summed E-state index contributed by atoms with van der Waals surface area (Å²) in [4.78, 5) is 14.1. The summed E-state index contributed by atoms with van der Waals surface area (Å²) in [6.45, 7) is 3.92. The molecule has 0 spiro atoms. The second kappa shape index (κ2) is 3.24. The van der Waals surface area contributed by atoms with Crippen molar-refractivity contribution in [2.24, 2.45) is 0 Å². The average Bonchev–Trinajstić information content (AvgIpc) is 2.41. The third-order valence-electron chi connectivity index (χ3n) is 2.36. The Morgan fingerprint density at radius 2 is 2.07 bits per heavy atom. The summed E-state index contributed by atoms with van der Waals surface area (Å²) in [5.41, 5.74) is 3.81. The molecular formula is C11H10BrNO. The largest absolute Gasteiger partial charge is 0.357 e. The van der Waals surface area contributed by atoms with Crippen LogP contribution in [0.25, 0.3) is 10.9 Å². The molecule has 0 amide bonds. The smallest absolute Gasteiger partial charge is 0.152 e. The van der Waals surface area contributed by atoms with E-state index >= 15 is 0 Å². The molecule has 72 valence electrons. The maximum absolute atomic E-state index is 10.9. The van der Waals surface area contributed by atoms with E-state index in [0.717, 1.165) is 38.5 Å². The minimum Gasteiger partial charge on any atom is -0.357 e. The highest BCUT2D eigenvalue weighted by molar-refractivity contribution is 9.10. The fourth-order valence-electron chi connectivity index (χ4n) is 1.69. The van der Waals surface area contributed by atoms with Gasteiger partial charge in [0.2, 0.25) is 0 Å². The first kappa shape index (κ1) is 9.46. The van der Waals surface area contributed by atoms with Gasteiger partial charge in [-0.15, -0.1) is 0 Å². The number of halogens is 1. The molecule has 0 saturated carbocycles. The first-order chi connectivity index (χ1) is 6.63. The Balaban J connectivity index is 2.94. The van der Waals surface area contributed by atoms with E-state index in [4.69, 9.17) is 0 Å². The average molecular weight is 252 g/mol. The minimum atomic E-state index is 0.754. The molecule has 1 N–H and O–H groups in total. The second-order valence-electron chi connectivity index (χ2n) is 3.45. The Bertz CT molecular complexity index is 513. The molecular weight excluding hydrogens is 242 g/mol. The zero-order valence-corrected chi connectivity index (χ0v) is 9.60. The lowest BCUT2D eigenvalue weighted by Crippen LogP contribution is -1.80. The van der Waals surface area contributed by atoms with E-state index in [2.05, 4.69) is 20.9 Å². The molecule has 2 aromatic rings. The van der Waals surface area contributed by atoms with Crippen molar-refractivity contribution in [3.05, 3.63) is 33.4 Å². The predicted octanol–water partition coefficient (Wildman–Crippen LogP) is 3.36. The molecule has 1 aromatic carbocycles. The summed E-state index contributed by atoms with van der Waals surface area (Å²) in [5, 5.41) is 0.990. The number of hydrogen-bond acceptors (Lipinski definition) is 1. The number of hydrogen-bond donors (Lipinski definition) is 1. The highest BCUT2D eigenvalue weighted by atomic mass is 79.9. The number of H-pyrrole nitrogens is 1. The van der Waals surface area contributed by atoms with E-state index in [1.54, 1.807) is 0 Å². The summed E-state index contributed by atoms with van der Waals surface area (Å²) >= 11 is 3.48. The molecule has 1 heterocycles. The van der Waals surface area contributed by atoms with Gasteiger partial charge in [0, 0.05) is 21.1 Å². The zero-order chi connectivity index (χ0) is 10.3. The van der Waals surface area contributed by atoms with Crippen LogP contribution in [0.1, 0.15) is 21.6 Å². The molecule has 0 aliphatic rings. The van der Waals surface area contributed by atoms with Crippen molar-refractivity contribution in [3.8, 4) is 0 Å². The summed E-state index contributed by atoms with van der Waals surface area (Å²) in [7, 11) is 0. The van der Waals surface area contributed by atoms with E-state index in [0.29, 0.717) is 0 Å². The third kappa shape index (κ3) is 1.28. The van der Waals surface area contributed by atoms with Gasteiger partial charge in [0.05, 0.1) is 5.52 Å². The van der Waals surface area contributed by atoms with Gasteiger partial charge in [-0.2, -0.15) is 0 Å². The number of aromatic amines is 1. The van der Waals surface area contributed by atoms with Crippen LogP contribution in [0.15, 0.2) is 16.6 Å². The molecule has 0 aliphatic heterocycles. The maximum atomic E-state index is 10.9. The van der Waals surface area contributed by atoms with Crippen LogP contribution in [-0.2, 0) is 0 Å². The second-order valence-corrected chi connectivity index (χ2v) is 4.31. The Morgan fingerprint density at radius 3 is 2.71 bits per heavy atom. The summed E-state index contributed by atoms with van der Waals surface area (Å²) < 4.78 is 1.00. The Labute approximate surface area is 90.4 Å². The van der Waals surface area contributed by atoms with Gasteiger partial charge in [-0.3, -0.25) is 4.79 Å². The highest BCUT2D eigenvalue weighted by Gasteiger charge is 2.09. The molecule has 0 fully saturated rings. The number of fused-ring (bicyclic) bond motifs is 1. The van der Waals surface area contributed by atoms with E-state index in [-0.39, 0.29) is 0 Å². The first-order valence-electron chi connectivity index (χ1n) is 4.37. The van der Waals surface area contributed by atoms with Crippen LogP contribution in [0, 0.1) is 13.8 Å². The Hall–Kier alpha value is -1.09. The highest BCUT2D eigenvalue weighted by Crippen LogP contribution is 2.28. The fourth-order valence-corrected chi connectivity index (χ4v) is 2.36. The lowest BCUT2D eigenvalue weighted by atomic mass is 10.1. The van der Waals surface area contributed by atoms with Crippen molar-refractivity contribution >= 4 is 33.1 Å². The molecule has 1 aromatic heterocycles. The number of carbonyl (C=O) groups is 1. The van der Waals surface area contributed by atoms with Crippen molar-refractivity contribution in [1.82, 2.24) is 4.98 Å². The third-order valence-corrected chi connectivity index (χ3v) is 2.98. The molecule has 0 unspecified atom stereocenters. The molecule has 0 atom stereocenters. The Morgan fingerprint density at radius 1 is 1.36 bits per heavy atom. The molecule has 2 rings (SSSR count). The molecule has 3 heteroatoms. The van der Waals surface area contributed by atoms with Crippen LogP contribution in [0.5, 0.6) is 0 Å². The molecule has 2 nitrogen and oxygen atoms in total. The molecule has 14 heavy (non-hydrogen) atoms. The normalized spacial score (nSPS) is 10.8. The van der Waals surface area contributed by atoms with Gasteiger partial charge >= 0.3 is 0 Å². The predicted molar refractivity (Wildman–Crippen MR) is 60.9 cm³/mol. The zero-order valence-electron chi connectivity index (χ0n) is 8.02. The number of aromatic nitrogens is 1. The monoisotopic (exact) mass is 251 g/mol. The van der Waals surface area contributed by atoms with Gasteiger partial charge in [0.15, 0.2) is 6.29 Å². The lowest BCUT2D eigenvalue weighted by Gasteiger charge is -1.97. The van der Waals surface area contributed by atoms with Crippen LogP contribution in [0.2, 0.25) is 0 Å². The standard InChI is InChI=1S/C11H10BrNO/c1-6-3-8-9(5-14)7(2)13-11(8)10(12)4-6/h3-5,13H,1-2H3. The summed E-state index contributed by atoms with van der Waals surface area (Å²) in [5.74, 6) is 0. The summed E-state index contributed by atoms with van der Waals surface area (Å²) in [6, 6.07) is 4.06. The number of aldehydes is 1. The van der Waals surface area contributed by atoms with Crippen LogP contribution in [-0.4, -0.2) is 11.3 Å². The number of carbonyl (C=O) groups excluding carboxylic acids is 1. The lowest BCUT2D eigenvalue weighted by molar-refractivity contribution is 0.112. The van der Waals surface area contributed by atoms with Crippen molar-refractivity contribution in [2.75, 3.05) is 0 Å². The number of aryl methyl sites for hydroxylation is 2. The van der Waals surface area contributed by atoms with Crippen molar-refractivity contribution < 1.29 is 4.79 Å². The number of benzene rings is 1. The topological polar surface area (TPSA) is 32.9 Å². The van der Waals surface area contributed by atoms with Crippen LogP contribution in [0.4, 0.5) is 0 Å². The van der Waals surface area contributed by atoms with Crippen LogP contribution < -0.4 is 0 Å². The molecule has 0 aliphatic carbocycles. The molecule has 0 radical (unpaired) electrons. The van der Waals surface area contributed by atoms with Gasteiger partial charge in [-0.05, 0) is 47.5 Å². The van der Waals surface area contributed by atoms with E-state index in [1.807, 2.05) is 26.0 Å². The van der Waals surface area contributed by atoms with Crippen molar-refractivity contribution in [1.29, 1.82) is 0 Å². The Kier molecular flexibility index (Phi) is 2.19. The quantitative estimate of drug-likeness (QED) is 0.775. The molecule has 0 saturated heterocycles. The SMILES string of the molecule is Cc1cc(Br)c2[nH]c(C)c(C=O)c2c1. The summed E-state index contributed by atoms with van der Waals surface area (Å²) in [6.07, 6.45) is 0.903. The first-order valence-corrected chi connectivity index (χ1v) is 5.16. The van der Waals surface area contributed by atoms with Crippen LogP contribution in [0.3, 0.4) is 0 Å².